The molecule has 0 amide bonds. The molecule has 1 heterocycles. The lowest BCUT2D eigenvalue weighted by atomic mass is 10.2. The number of hydrogen-bond donors (Lipinski definition) is 1. The second-order valence-electron chi connectivity index (χ2n) is 5.15. The fraction of sp³-hybridized carbons (Fsp3) is 0.429. The van der Waals surface area contributed by atoms with E-state index in [0.29, 0.717) is 29.3 Å². The third-order valence-corrected chi connectivity index (χ3v) is 4.31. The number of hydroxylamine groups is 2. The second-order valence-corrected chi connectivity index (χ2v) is 6.01. The molecule has 1 N–H and O–H groups in total. The first-order chi connectivity index (χ1) is 9.54. The van der Waals surface area contributed by atoms with Gasteiger partial charge in [-0.05, 0) is 37.5 Å². The molecule has 3 rings (SSSR count). The van der Waals surface area contributed by atoms with E-state index in [1.807, 2.05) is 0 Å². The van der Waals surface area contributed by atoms with Gasteiger partial charge in [0.05, 0.1) is 22.7 Å². The first kappa shape index (κ1) is 14.1. The fourth-order valence-corrected chi connectivity index (χ4v) is 3.03. The minimum absolute atomic E-state index is 0.0687. The van der Waals surface area contributed by atoms with Crippen LogP contribution in [0.4, 0.5) is 4.39 Å². The van der Waals surface area contributed by atoms with Crippen LogP contribution in [0, 0.1) is 5.82 Å². The van der Waals surface area contributed by atoms with Crippen molar-refractivity contribution in [3.63, 3.8) is 0 Å². The van der Waals surface area contributed by atoms with Crippen LogP contribution < -0.4 is 0 Å². The first-order valence-electron chi connectivity index (χ1n) is 6.51. The summed E-state index contributed by atoms with van der Waals surface area (Å²) in [4.78, 5) is 5.75. The number of rotatable bonds is 2. The van der Waals surface area contributed by atoms with Gasteiger partial charge in [0.25, 0.3) is 0 Å². The van der Waals surface area contributed by atoms with Crippen molar-refractivity contribution in [1.82, 2.24) is 5.06 Å². The highest BCUT2D eigenvalue weighted by Crippen LogP contribution is 2.36. The fourth-order valence-electron chi connectivity index (χ4n) is 2.65. The van der Waals surface area contributed by atoms with Crippen LogP contribution in [0.5, 0.6) is 0 Å². The molecule has 0 saturated heterocycles. The minimum Gasteiger partial charge on any atom is -0.403 e. The number of hydrogen-bond acceptors (Lipinski definition) is 3. The second kappa shape index (κ2) is 5.53. The third-order valence-electron chi connectivity index (χ3n) is 3.72. The monoisotopic (exact) mass is 317 g/mol. The van der Waals surface area contributed by atoms with Crippen molar-refractivity contribution in [3.8, 4) is 0 Å². The van der Waals surface area contributed by atoms with Crippen LogP contribution in [0.1, 0.15) is 24.8 Å². The number of halogens is 3. The summed E-state index contributed by atoms with van der Waals surface area (Å²) in [6.45, 7) is 0.457. The van der Waals surface area contributed by atoms with Crippen molar-refractivity contribution >= 4 is 29.0 Å². The van der Waals surface area contributed by atoms with E-state index in [4.69, 9.17) is 28.0 Å². The summed E-state index contributed by atoms with van der Waals surface area (Å²) in [5.74, 6) is -0.0388. The van der Waals surface area contributed by atoms with Crippen LogP contribution in [0.25, 0.3) is 5.76 Å². The van der Waals surface area contributed by atoms with Crippen molar-refractivity contribution in [2.24, 2.45) is 0 Å². The Morgan fingerprint density at radius 2 is 2.10 bits per heavy atom. The summed E-state index contributed by atoms with van der Waals surface area (Å²) >= 11 is 11.9. The van der Waals surface area contributed by atoms with Crippen molar-refractivity contribution < 1.29 is 14.3 Å². The van der Waals surface area contributed by atoms with Crippen LogP contribution in [0.15, 0.2) is 23.2 Å². The van der Waals surface area contributed by atoms with E-state index in [2.05, 4.69) is 0 Å². The molecule has 2 atom stereocenters. The maximum absolute atomic E-state index is 13.5. The molecule has 1 aliphatic carbocycles. The third kappa shape index (κ3) is 2.66. The van der Waals surface area contributed by atoms with E-state index in [1.165, 1.54) is 12.1 Å². The molecule has 1 aromatic carbocycles. The largest absolute Gasteiger partial charge is 0.403 e. The summed E-state index contributed by atoms with van der Waals surface area (Å²) in [6.07, 6.45) is 2.03. The molecule has 3 nitrogen and oxygen atoms in total. The van der Waals surface area contributed by atoms with Crippen LogP contribution in [-0.2, 0) is 4.84 Å². The molecule has 1 aliphatic heterocycles. The molecule has 6 heteroatoms. The van der Waals surface area contributed by atoms with Crippen LogP contribution in [0.2, 0.25) is 5.02 Å². The Kier molecular flexibility index (Phi) is 3.91. The zero-order valence-electron chi connectivity index (χ0n) is 10.7. The van der Waals surface area contributed by atoms with Gasteiger partial charge in [0.1, 0.15) is 5.82 Å². The lowest BCUT2D eigenvalue weighted by Gasteiger charge is -2.22. The van der Waals surface area contributed by atoms with E-state index in [1.54, 1.807) is 11.1 Å². The van der Waals surface area contributed by atoms with Gasteiger partial charge in [-0.15, -0.1) is 5.06 Å². The summed E-state index contributed by atoms with van der Waals surface area (Å²) in [6, 6.07) is 4.62. The maximum atomic E-state index is 13.5. The van der Waals surface area contributed by atoms with Gasteiger partial charge in [0.2, 0.25) is 0 Å². The first-order valence-corrected chi connectivity index (χ1v) is 7.27. The van der Waals surface area contributed by atoms with Crippen molar-refractivity contribution in [1.29, 1.82) is 0 Å². The Balaban J connectivity index is 1.77. The predicted octanol–water partition coefficient (Wildman–Crippen LogP) is 3.55. The zero-order valence-corrected chi connectivity index (χ0v) is 12.2. The van der Waals surface area contributed by atoms with E-state index >= 15 is 0 Å². The van der Waals surface area contributed by atoms with E-state index in [9.17, 15) is 9.50 Å². The molecular weight excluding hydrogens is 304 g/mol. The molecule has 1 aromatic rings. The molecule has 0 radical (unpaired) electrons. The number of aliphatic hydroxyl groups excluding tert-OH is 1. The topological polar surface area (TPSA) is 32.7 Å². The summed E-state index contributed by atoms with van der Waals surface area (Å²) in [5, 5.41) is 12.0. The van der Waals surface area contributed by atoms with Gasteiger partial charge in [-0.2, -0.15) is 0 Å². The van der Waals surface area contributed by atoms with Crippen molar-refractivity contribution in [3.05, 3.63) is 39.6 Å². The number of aliphatic hydroxyl groups is 1. The van der Waals surface area contributed by atoms with Gasteiger partial charge in [-0.3, -0.25) is 0 Å². The van der Waals surface area contributed by atoms with Crippen LogP contribution >= 0.6 is 23.2 Å². The summed E-state index contributed by atoms with van der Waals surface area (Å²) in [7, 11) is 0. The standard InChI is InChI=1S/C14H14Cl2FNO2/c15-11-4-1-8(5-13(11)17)14-12(16)7-18(20-14)9-2-3-10(19)6-9/h1,4-5,9-10,19H,2-3,6-7H2/t9-,10+/m1/s1. The normalized spacial score (nSPS) is 27.2. The summed E-state index contributed by atoms with van der Waals surface area (Å²) in [5.41, 5.74) is 0.568. The Morgan fingerprint density at radius 3 is 2.75 bits per heavy atom. The Bertz CT molecular complexity index is 564. The molecule has 1 fully saturated rings. The smallest absolute Gasteiger partial charge is 0.170 e. The van der Waals surface area contributed by atoms with E-state index in [-0.39, 0.29) is 17.2 Å². The van der Waals surface area contributed by atoms with Gasteiger partial charge in [0.15, 0.2) is 5.76 Å². The zero-order chi connectivity index (χ0) is 14.3. The van der Waals surface area contributed by atoms with Gasteiger partial charge < -0.3 is 9.94 Å². The highest BCUT2D eigenvalue weighted by atomic mass is 35.5. The SMILES string of the molecule is O[C@H]1CC[C@@H](N2CC(Cl)=C(c3ccc(Cl)c(F)c3)O2)C1. The Morgan fingerprint density at radius 1 is 1.30 bits per heavy atom. The average Bonchev–Trinajstić information content (AvgIpc) is 2.99. The molecule has 0 bridgehead atoms. The molecule has 1 saturated carbocycles. The van der Waals surface area contributed by atoms with Crippen LogP contribution in [0.3, 0.4) is 0 Å². The molecule has 0 aromatic heterocycles. The molecular formula is C14H14Cl2FNO2. The van der Waals surface area contributed by atoms with E-state index < -0.39 is 5.82 Å². The molecule has 0 unspecified atom stereocenters. The number of benzene rings is 1. The Labute approximate surface area is 126 Å². The molecule has 0 spiro atoms. The highest BCUT2D eigenvalue weighted by Gasteiger charge is 2.34. The highest BCUT2D eigenvalue weighted by molar-refractivity contribution is 6.33. The van der Waals surface area contributed by atoms with Crippen molar-refractivity contribution in [2.45, 2.75) is 31.4 Å². The van der Waals surface area contributed by atoms with Crippen molar-refractivity contribution in [2.75, 3.05) is 6.54 Å². The maximum Gasteiger partial charge on any atom is 0.170 e. The summed E-state index contributed by atoms with van der Waals surface area (Å²) < 4.78 is 13.5. The predicted molar refractivity (Wildman–Crippen MR) is 75.6 cm³/mol. The Hall–Kier alpha value is -0.810. The quantitative estimate of drug-likeness (QED) is 0.905. The molecule has 20 heavy (non-hydrogen) atoms. The minimum atomic E-state index is -0.500. The molecule has 108 valence electrons. The van der Waals surface area contributed by atoms with Gasteiger partial charge >= 0.3 is 0 Å². The van der Waals surface area contributed by atoms with Gasteiger partial charge in [0, 0.05) is 11.6 Å². The van der Waals surface area contributed by atoms with Crippen LogP contribution in [-0.4, -0.2) is 28.9 Å². The lowest BCUT2D eigenvalue weighted by molar-refractivity contribution is -0.0983. The van der Waals surface area contributed by atoms with Gasteiger partial charge in [-0.25, -0.2) is 4.39 Å². The van der Waals surface area contributed by atoms with Gasteiger partial charge in [-0.1, -0.05) is 23.2 Å². The average molecular weight is 318 g/mol. The van der Waals surface area contributed by atoms with E-state index in [0.717, 1.165) is 12.8 Å². The molecule has 2 aliphatic rings. The lowest BCUT2D eigenvalue weighted by Crippen LogP contribution is -2.30. The number of nitrogens with zero attached hydrogens (tertiary/aromatic N) is 1.